The molecule has 1 aromatic carbocycles. The Bertz CT molecular complexity index is 764. The Hall–Kier alpha value is -2.22. The summed E-state index contributed by atoms with van der Waals surface area (Å²) in [7, 11) is 0. The van der Waals surface area contributed by atoms with Gasteiger partial charge in [0.1, 0.15) is 0 Å². The number of benzene rings is 1. The molecule has 2 heterocycles. The lowest BCUT2D eigenvalue weighted by Gasteiger charge is -2.32. The quantitative estimate of drug-likeness (QED) is 0.765. The number of carbonyl (C=O) groups excluding carboxylic acids is 2. The van der Waals surface area contributed by atoms with Crippen LogP contribution in [0, 0.1) is 0 Å². The molecule has 7 heteroatoms. The molecule has 0 unspecified atom stereocenters. The van der Waals surface area contributed by atoms with Crippen molar-refractivity contribution in [3.63, 3.8) is 0 Å². The number of amides is 2. The summed E-state index contributed by atoms with van der Waals surface area (Å²) in [6.07, 6.45) is 0.285. The molecular formula is C20H25N3O3S. The highest BCUT2D eigenvalue weighted by Gasteiger charge is 2.21. The summed E-state index contributed by atoms with van der Waals surface area (Å²) >= 11 is 1.76. The lowest BCUT2D eigenvalue weighted by Crippen LogP contribution is -2.47. The van der Waals surface area contributed by atoms with Gasteiger partial charge in [-0.05, 0) is 29.1 Å². The molecule has 2 aromatic rings. The van der Waals surface area contributed by atoms with Crippen LogP contribution < -0.4 is 10.6 Å². The minimum atomic E-state index is -0.127. The van der Waals surface area contributed by atoms with Crippen molar-refractivity contribution in [2.75, 3.05) is 31.6 Å². The Morgan fingerprint density at radius 3 is 2.96 bits per heavy atom. The van der Waals surface area contributed by atoms with Gasteiger partial charge in [-0.2, -0.15) is 0 Å². The molecule has 0 bridgehead atoms. The molecule has 1 aliphatic rings. The summed E-state index contributed by atoms with van der Waals surface area (Å²) < 4.78 is 5.79. The van der Waals surface area contributed by atoms with Gasteiger partial charge in [-0.25, -0.2) is 0 Å². The van der Waals surface area contributed by atoms with E-state index in [9.17, 15) is 9.59 Å². The third kappa shape index (κ3) is 6.46. The molecule has 1 atom stereocenters. The number of carbonyl (C=O) groups is 2. The molecule has 3 rings (SSSR count). The average Bonchev–Trinajstić information content (AvgIpc) is 3.13. The van der Waals surface area contributed by atoms with E-state index in [1.807, 2.05) is 18.2 Å². The van der Waals surface area contributed by atoms with E-state index in [0.29, 0.717) is 18.8 Å². The molecule has 144 valence electrons. The second kappa shape index (κ2) is 9.64. The number of ether oxygens (including phenoxy) is 1. The lowest BCUT2D eigenvalue weighted by molar-refractivity contribution is -0.121. The first kappa shape index (κ1) is 19.5. The summed E-state index contributed by atoms with van der Waals surface area (Å²) in [5.74, 6) is -0.174. The van der Waals surface area contributed by atoms with Gasteiger partial charge >= 0.3 is 0 Å². The highest BCUT2D eigenvalue weighted by molar-refractivity contribution is 7.09. The van der Waals surface area contributed by atoms with Crippen molar-refractivity contribution in [2.45, 2.75) is 26.0 Å². The number of morpholine rings is 1. The van der Waals surface area contributed by atoms with Crippen molar-refractivity contribution in [3.05, 3.63) is 52.2 Å². The first-order chi connectivity index (χ1) is 13.1. The van der Waals surface area contributed by atoms with Crippen LogP contribution >= 0.6 is 11.3 Å². The Labute approximate surface area is 163 Å². The fraction of sp³-hybridized carbons (Fsp3) is 0.400. The number of nitrogens with one attached hydrogen (secondary N) is 2. The fourth-order valence-corrected chi connectivity index (χ4v) is 3.85. The highest BCUT2D eigenvalue weighted by atomic mass is 32.1. The molecular weight excluding hydrogens is 362 g/mol. The zero-order valence-corrected chi connectivity index (χ0v) is 16.3. The smallest absolute Gasteiger partial charge is 0.224 e. The maximum atomic E-state index is 12.3. The molecule has 0 radical (unpaired) electrons. The summed E-state index contributed by atoms with van der Waals surface area (Å²) in [4.78, 5) is 27.1. The number of anilines is 1. The van der Waals surface area contributed by atoms with Crippen molar-refractivity contribution >= 4 is 28.8 Å². The van der Waals surface area contributed by atoms with Gasteiger partial charge in [0.2, 0.25) is 11.8 Å². The maximum absolute atomic E-state index is 12.3. The predicted octanol–water partition coefficient (Wildman–Crippen LogP) is 2.27. The third-order valence-corrected chi connectivity index (χ3v) is 5.18. The number of rotatable bonds is 7. The average molecular weight is 388 g/mol. The molecule has 2 amide bonds. The SMILES string of the molecule is CC(=O)Nc1cccc(CC(=O)NC[C@H]2CN(Cc3cccs3)CCO2)c1. The van der Waals surface area contributed by atoms with Gasteiger partial charge in [-0.3, -0.25) is 14.5 Å². The third-order valence-electron chi connectivity index (χ3n) is 4.32. The van der Waals surface area contributed by atoms with Crippen LogP contribution in [0.1, 0.15) is 17.4 Å². The largest absolute Gasteiger partial charge is 0.374 e. The molecule has 0 spiro atoms. The minimum Gasteiger partial charge on any atom is -0.374 e. The Morgan fingerprint density at radius 1 is 1.30 bits per heavy atom. The Balaban J connectivity index is 1.44. The molecule has 1 aliphatic heterocycles. The number of hydrogen-bond donors (Lipinski definition) is 2. The lowest BCUT2D eigenvalue weighted by atomic mass is 10.1. The second-order valence-electron chi connectivity index (χ2n) is 6.67. The van der Waals surface area contributed by atoms with Gasteiger partial charge in [0.15, 0.2) is 0 Å². The van der Waals surface area contributed by atoms with Crippen LogP contribution in [-0.2, 0) is 27.3 Å². The van der Waals surface area contributed by atoms with E-state index in [2.05, 4.69) is 33.0 Å². The summed E-state index contributed by atoms with van der Waals surface area (Å²) in [5, 5.41) is 7.79. The molecule has 1 saturated heterocycles. The van der Waals surface area contributed by atoms with Crippen LogP contribution in [0.15, 0.2) is 41.8 Å². The molecule has 27 heavy (non-hydrogen) atoms. The normalized spacial score (nSPS) is 17.4. The van der Waals surface area contributed by atoms with E-state index >= 15 is 0 Å². The van der Waals surface area contributed by atoms with Gasteiger partial charge < -0.3 is 15.4 Å². The van der Waals surface area contributed by atoms with Gasteiger partial charge in [-0.15, -0.1) is 11.3 Å². The van der Waals surface area contributed by atoms with Gasteiger partial charge in [0.05, 0.1) is 19.1 Å². The summed E-state index contributed by atoms with van der Waals surface area (Å²) in [6.45, 7) is 5.32. The molecule has 1 fully saturated rings. The van der Waals surface area contributed by atoms with E-state index in [1.54, 1.807) is 17.4 Å². The van der Waals surface area contributed by atoms with Crippen molar-refractivity contribution in [3.8, 4) is 0 Å². The fourth-order valence-electron chi connectivity index (χ4n) is 3.11. The summed E-state index contributed by atoms with van der Waals surface area (Å²) in [6, 6.07) is 11.6. The monoisotopic (exact) mass is 387 g/mol. The van der Waals surface area contributed by atoms with Crippen LogP contribution in [-0.4, -0.2) is 49.1 Å². The topological polar surface area (TPSA) is 70.7 Å². The Morgan fingerprint density at radius 2 is 2.19 bits per heavy atom. The van der Waals surface area contributed by atoms with Crippen LogP contribution in [0.25, 0.3) is 0 Å². The van der Waals surface area contributed by atoms with E-state index < -0.39 is 0 Å². The van der Waals surface area contributed by atoms with Gasteiger partial charge in [0.25, 0.3) is 0 Å². The van der Waals surface area contributed by atoms with E-state index in [4.69, 9.17) is 4.74 Å². The molecule has 1 aromatic heterocycles. The van der Waals surface area contributed by atoms with Crippen LogP contribution in [0.3, 0.4) is 0 Å². The number of hydrogen-bond acceptors (Lipinski definition) is 5. The van der Waals surface area contributed by atoms with Crippen LogP contribution in [0.5, 0.6) is 0 Å². The zero-order valence-electron chi connectivity index (χ0n) is 15.4. The Kier molecular flexibility index (Phi) is 6.98. The van der Waals surface area contributed by atoms with Crippen molar-refractivity contribution in [1.29, 1.82) is 0 Å². The van der Waals surface area contributed by atoms with Crippen LogP contribution in [0.2, 0.25) is 0 Å². The van der Waals surface area contributed by atoms with E-state index in [-0.39, 0.29) is 24.3 Å². The highest BCUT2D eigenvalue weighted by Crippen LogP contribution is 2.15. The number of thiophene rings is 1. The predicted molar refractivity (Wildman–Crippen MR) is 107 cm³/mol. The first-order valence-corrected chi connectivity index (χ1v) is 9.96. The second-order valence-corrected chi connectivity index (χ2v) is 7.70. The zero-order chi connectivity index (χ0) is 19.1. The number of nitrogens with zero attached hydrogens (tertiary/aromatic N) is 1. The van der Waals surface area contributed by atoms with E-state index in [1.165, 1.54) is 11.8 Å². The van der Waals surface area contributed by atoms with E-state index in [0.717, 1.165) is 25.2 Å². The molecule has 6 nitrogen and oxygen atoms in total. The molecule has 2 N–H and O–H groups in total. The van der Waals surface area contributed by atoms with Crippen molar-refractivity contribution < 1.29 is 14.3 Å². The molecule has 0 aliphatic carbocycles. The van der Waals surface area contributed by atoms with Gasteiger partial charge in [-0.1, -0.05) is 18.2 Å². The standard InChI is InChI=1S/C20H25N3O3S/c1-15(24)22-17-5-2-4-16(10-17)11-20(25)21-12-18-13-23(7-8-26-18)14-19-6-3-9-27-19/h2-6,9-10,18H,7-8,11-14H2,1H3,(H,21,25)(H,22,24)/t18-/m0/s1. The van der Waals surface area contributed by atoms with Crippen molar-refractivity contribution in [1.82, 2.24) is 10.2 Å². The first-order valence-electron chi connectivity index (χ1n) is 9.08. The van der Waals surface area contributed by atoms with Crippen molar-refractivity contribution in [2.24, 2.45) is 0 Å². The molecule has 0 saturated carbocycles. The maximum Gasteiger partial charge on any atom is 0.224 e. The van der Waals surface area contributed by atoms with Gasteiger partial charge in [0, 0.05) is 43.7 Å². The van der Waals surface area contributed by atoms with Crippen LogP contribution in [0.4, 0.5) is 5.69 Å². The summed E-state index contributed by atoms with van der Waals surface area (Å²) in [5.41, 5.74) is 1.57. The minimum absolute atomic E-state index is 0.00776.